The topological polar surface area (TPSA) is 46.6 Å². The number of amides is 1. The second-order valence-corrected chi connectivity index (χ2v) is 5.23. The molecule has 1 aromatic rings. The summed E-state index contributed by atoms with van der Waals surface area (Å²) in [4.78, 5) is 25.3. The summed E-state index contributed by atoms with van der Waals surface area (Å²) in [5.41, 5.74) is 2.42. The number of carbonyl (C=O) groups excluding carboxylic acids is 2. The minimum Gasteiger partial charge on any atom is -0.469 e. The summed E-state index contributed by atoms with van der Waals surface area (Å²) >= 11 is 0. The number of methoxy groups -OCH3 is 1. The lowest BCUT2D eigenvalue weighted by molar-refractivity contribution is -0.141. The molecule has 1 amide bonds. The Bertz CT molecular complexity index is 498. The number of fused-ring (bicyclic) bond motifs is 1. The Morgan fingerprint density at radius 1 is 1.35 bits per heavy atom. The molecule has 0 saturated heterocycles. The van der Waals surface area contributed by atoms with Gasteiger partial charge < -0.3 is 9.64 Å². The van der Waals surface area contributed by atoms with Crippen molar-refractivity contribution in [2.45, 2.75) is 31.6 Å². The average Bonchev–Trinajstić information content (AvgIpc) is 2.50. The van der Waals surface area contributed by atoms with Gasteiger partial charge in [-0.1, -0.05) is 24.3 Å². The van der Waals surface area contributed by atoms with Crippen LogP contribution in [0.1, 0.15) is 36.3 Å². The molecule has 0 radical (unpaired) electrons. The Morgan fingerprint density at radius 2 is 2.10 bits per heavy atom. The van der Waals surface area contributed by atoms with Gasteiger partial charge >= 0.3 is 5.97 Å². The molecule has 108 valence electrons. The van der Waals surface area contributed by atoms with Gasteiger partial charge in [-0.2, -0.15) is 0 Å². The maximum atomic E-state index is 12.5. The third-order valence-corrected chi connectivity index (χ3v) is 3.92. The van der Waals surface area contributed by atoms with E-state index in [0.29, 0.717) is 6.54 Å². The molecule has 1 aliphatic carbocycles. The first-order chi connectivity index (χ1) is 9.63. The summed E-state index contributed by atoms with van der Waals surface area (Å²) in [6, 6.07) is 8.15. The van der Waals surface area contributed by atoms with Crippen LogP contribution in [0.3, 0.4) is 0 Å². The maximum Gasteiger partial charge on any atom is 0.307 e. The fourth-order valence-electron chi connectivity index (χ4n) is 2.75. The van der Waals surface area contributed by atoms with Crippen LogP contribution in [0, 0.1) is 0 Å². The zero-order valence-electron chi connectivity index (χ0n) is 12.1. The van der Waals surface area contributed by atoms with Crippen molar-refractivity contribution in [1.82, 2.24) is 4.90 Å². The van der Waals surface area contributed by atoms with Crippen molar-refractivity contribution in [1.29, 1.82) is 0 Å². The number of benzene rings is 1. The predicted octanol–water partition coefficient (Wildman–Crippen LogP) is 2.13. The van der Waals surface area contributed by atoms with Crippen LogP contribution in [0.15, 0.2) is 24.3 Å². The monoisotopic (exact) mass is 275 g/mol. The minimum absolute atomic E-state index is 0.0670. The summed E-state index contributed by atoms with van der Waals surface area (Å²) in [6.07, 6.45) is 3.22. The van der Waals surface area contributed by atoms with E-state index < -0.39 is 0 Å². The molecule has 4 nitrogen and oxygen atoms in total. The second-order valence-electron chi connectivity index (χ2n) is 5.23. The van der Waals surface area contributed by atoms with Gasteiger partial charge in [0.15, 0.2) is 0 Å². The highest BCUT2D eigenvalue weighted by atomic mass is 16.5. The van der Waals surface area contributed by atoms with Crippen LogP contribution in [-0.4, -0.2) is 37.5 Å². The molecular weight excluding hydrogens is 254 g/mol. The third kappa shape index (κ3) is 3.18. The van der Waals surface area contributed by atoms with Gasteiger partial charge in [0.25, 0.3) is 0 Å². The largest absolute Gasteiger partial charge is 0.469 e. The van der Waals surface area contributed by atoms with Gasteiger partial charge in [0.2, 0.25) is 5.91 Å². The van der Waals surface area contributed by atoms with E-state index in [1.54, 1.807) is 11.9 Å². The van der Waals surface area contributed by atoms with Gasteiger partial charge in [-0.15, -0.1) is 0 Å². The van der Waals surface area contributed by atoms with Crippen molar-refractivity contribution in [3.8, 4) is 0 Å². The van der Waals surface area contributed by atoms with Gasteiger partial charge in [-0.25, -0.2) is 0 Å². The van der Waals surface area contributed by atoms with Crippen molar-refractivity contribution in [2.24, 2.45) is 0 Å². The Morgan fingerprint density at radius 3 is 2.85 bits per heavy atom. The molecule has 0 saturated carbocycles. The van der Waals surface area contributed by atoms with Gasteiger partial charge in [0.1, 0.15) is 0 Å². The maximum absolute atomic E-state index is 12.5. The van der Waals surface area contributed by atoms with E-state index in [1.807, 2.05) is 18.2 Å². The molecule has 0 bridgehead atoms. The normalized spacial score (nSPS) is 17.2. The highest BCUT2D eigenvalue weighted by molar-refractivity contribution is 5.84. The molecule has 1 atom stereocenters. The van der Waals surface area contributed by atoms with E-state index in [1.165, 1.54) is 12.7 Å². The molecule has 0 N–H and O–H groups in total. The molecular formula is C16H21NO3. The highest BCUT2D eigenvalue weighted by Gasteiger charge is 2.28. The average molecular weight is 275 g/mol. The number of nitrogens with zero attached hydrogens (tertiary/aromatic N) is 1. The fourth-order valence-corrected chi connectivity index (χ4v) is 2.75. The van der Waals surface area contributed by atoms with Gasteiger partial charge in [0, 0.05) is 13.6 Å². The molecule has 4 heteroatoms. The van der Waals surface area contributed by atoms with Crippen LogP contribution >= 0.6 is 0 Å². The van der Waals surface area contributed by atoms with Crippen LogP contribution in [-0.2, 0) is 20.7 Å². The molecule has 1 aliphatic rings. The molecule has 2 rings (SSSR count). The van der Waals surface area contributed by atoms with Crippen molar-refractivity contribution in [2.75, 3.05) is 20.7 Å². The number of likely N-dealkylation sites (N-methyl/N-ethyl adjacent to an activating group) is 1. The Labute approximate surface area is 119 Å². The number of rotatable bonds is 4. The van der Waals surface area contributed by atoms with Crippen LogP contribution in [0.25, 0.3) is 0 Å². The quantitative estimate of drug-likeness (QED) is 0.791. The lowest BCUT2D eigenvalue weighted by Crippen LogP contribution is -2.35. The van der Waals surface area contributed by atoms with Gasteiger partial charge in [-0.3, -0.25) is 9.59 Å². The number of hydrogen-bond acceptors (Lipinski definition) is 3. The van der Waals surface area contributed by atoms with Crippen molar-refractivity contribution in [3.05, 3.63) is 35.4 Å². The molecule has 1 aromatic carbocycles. The van der Waals surface area contributed by atoms with Crippen LogP contribution in [0.2, 0.25) is 0 Å². The Hall–Kier alpha value is -1.84. The molecule has 0 heterocycles. The summed E-state index contributed by atoms with van der Waals surface area (Å²) in [5, 5.41) is 0. The lowest BCUT2D eigenvalue weighted by Gasteiger charge is -2.28. The molecule has 0 aliphatic heterocycles. The fraction of sp³-hybridized carbons (Fsp3) is 0.500. The lowest BCUT2D eigenvalue weighted by atomic mass is 9.82. The Kier molecular flexibility index (Phi) is 4.77. The standard InChI is InChI=1S/C16H21NO3/c1-17(11-10-15(18)20-2)16(19)14-9-5-7-12-6-3-4-8-13(12)14/h3-4,6,8,14H,5,7,9-11H2,1-2H3. The highest BCUT2D eigenvalue weighted by Crippen LogP contribution is 2.32. The van der Waals surface area contributed by atoms with Crippen molar-refractivity contribution >= 4 is 11.9 Å². The second kappa shape index (κ2) is 6.55. The third-order valence-electron chi connectivity index (χ3n) is 3.92. The molecule has 0 aromatic heterocycles. The van der Waals surface area contributed by atoms with Crippen molar-refractivity contribution in [3.63, 3.8) is 0 Å². The zero-order chi connectivity index (χ0) is 14.5. The van der Waals surface area contributed by atoms with Gasteiger partial charge in [-0.05, 0) is 30.4 Å². The van der Waals surface area contributed by atoms with E-state index in [4.69, 9.17) is 0 Å². The minimum atomic E-state index is -0.284. The van der Waals surface area contributed by atoms with E-state index >= 15 is 0 Å². The first kappa shape index (κ1) is 14.6. The number of esters is 1. The van der Waals surface area contributed by atoms with E-state index in [9.17, 15) is 9.59 Å². The molecule has 0 fully saturated rings. The smallest absolute Gasteiger partial charge is 0.307 e. The van der Waals surface area contributed by atoms with Crippen LogP contribution in [0.5, 0.6) is 0 Å². The summed E-state index contributed by atoms with van der Waals surface area (Å²) in [6.45, 7) is 0.407. The number of aryl methyl sites for hydroxylation is 1. The predicted molar refractivity (Wildman–Crippen MR) is 76.4 cm³/mol. The van der Waals surface area contributed by atoms with E-state index in [-0.39, 0.29) is 24.2 Å². The number of ether oxygens (including phenoxy) is 1. The zero-order valence-corrected chi connectivity index (χ0v) is 12.1. The summed E-state index contributed by atoms with van der Waals surface area (Å²) in [5.74, 6) is -0.252. The number of carbonyl (C=O) groups is 2. The van der Waals surface area contributed by atoms with E-state index in [2.05, 4.69) is 10.8 Å². The molecule has 0 spiro atoms. The first-order valence-corrected chi connectivity index (χ1v) is 7.03. The van der Waals surface area contributed by atoms with Crippen LogP contribution < -0.4 is 0 Å². The Balaban J connectivity index is 2.04. The summed E-state index contributed by atoms with van der Waals surface area (Å²) in [7, 11) is 3.12. The van der Waals surface area contributed by atoms with Gasteiger partial charge in [0.05, 0.1) is 19.4 Å². The first-order valence-electron chi connectivity index (χ1n) is 7.03. The van der Waals surface area contributed by atoms with Crippen LogP contribution in [0.4, 0.5) is 0 Å². The number of hydrogen-bond donors (Lipinski definition) is 0. The SMILES string of the molecule is COC(=O)CCN(C)C(=O)C1CCCc2ccccc21. The summed E-state index contributed by atoms with van der Waals surface area (Å²) < 4.78 is 4.61. The van der Waals surface area contributed by atoms with E-state index in [0.717, 1.165) is 24.8 Å². The molecule has 20 heavy (non-hydrogen) atoms. The molecule has 1 unspecified atom stereocenters. The van der Waals surface area contributed by atoms with Crippen molar-refractivity contribution < 1.29 is 14.3 Å².